The van der Waals surface area contributed by atoms with E-state index < -0.39 is 0 Å². The molecule has 1 fully saturated rings. The first-order chi connectivity index (χ1) is 10.2. The lowest BCUT2D eigenvalue weighted by Gasteiger charge is -2.31. The molecule has 3 rings (SSSR count). The number of aryl methyl sites for hydroxylation is 1. The molecular weight excluding hydrogens is 288 g/mol. The molecule has 0 aliphatic carbocycles. The molecule has 0 bridgehead atoms. The number of carbonyl (C=O) groups is 1. The van der Waals surface area contributed by atoms with E-state index in [0.29, 0.717) is 17.6 Å². The van der Waals surface area contributed by atoms with Crippen molar-refractivity contribution in [3.8, 4) is 0 Å². The van der Waals surface area contributed by atoms with Gasteiger partial charge < -0.3 is 10.2 Å². The van der Waals surface area contributed by atoms with Crippen molar-refractivity contribution in [1.82, 2.24) is 20.2 Å². The number of nitrogens with one attached hydrogen (secondary N) is 1. The zero-order chi connectivity index (χ0) is 14.7. The molecule has 110 valence electrons. The second kappa shape index (κ2) is 6.13. The minimum absolute atomic E-state index is 0.00761. The van der Waals surface area contributed by atoms with Gasteiger partial charge in [-0.25, -0.2) is 9.97 Å². The lowest BCUT2D eigenvalue weighted by molar-refractivity contribution is -0.120. The Labute approximate surface area is 126 Å². The van der Waals surface area contributed by atoms with E-state index >= 15 is 0 Å². The third-order valence-corrected chi connectivity index (χ3v) is 4.14. The second-order valence-corrected chi connectivity index (χ2v) is 6.13. The van der Waals surface area contributed by atoms with Crippen LogP contribution in [0, 0.1) is 12.8 Å². The number of hydrogen-bond donors (Lipinski definition) is 1. The molecule has 0 saturated carbocycles. The molecular formula is C13H16N6OS. The predicted molar refractivity (Wildman–Crippen MR) is 80.2 cm³/mol. The molecule has 3 heterocycles. The molecule has 8 heteroatoms. The van der Waals surface area contributed by atoms with Crippen LogP contribution in [0.3, 0.4) is 0 Å². The maximum Gasteiger partial charge on any atom is 0.231 e. The average Bonchev–Trinajstić information content (AvgIpc) is 2.93. The minimum atomic E-state index is -0.0771. The van der Waals surface area contributed by atoms with E-state index in [0.717, 1.165) is 24.4 Å². The third kappa shape index (κ3) is 3.33. The number of carbonyl (C=O) groups excluding carboxylic acids is 1. The molecule has 0 unspecified atom stereocenters. The highest BCUT2D eigenvalue weighted by atomic mass is 32.1. The zero-order valence-electron chi connectivity index (χ0n) is 11.7. The highest BCUT2D eigenvalue weighted by Crippen LogP contribution is 2.22. The predicted octanol–water partition coefficient (Wildman–Crippen LogP) is 1.49. The fourth-order valence-electron chi connectivity index (χ4n) is 2.38. The van der Waals surface area contributed by atoms with Crippen molar-refractivity contribution in [3.63, 3.8) is 0 Å². The average molecular weight is 304 g/mol. The van der Waals surface area contributed by atoms with Crippen LogP contribution in [0.2, 0.25) is 0 Å². The SMILES string of the molecule is Cc1nnc(NC(=O)[C@@H]2CCCN(c3ncccn3)C2)s1. The standard InChI is InChI=1S/C13H16N6OS/c1-9-17-18-13(21-9)16-11(20)10-4-2-7-19(8-10)12-14-5-3-6-15-12/h3,5-6,10H,2,4,7-8H2,1H3,(H,16,18,20)/t10-/m1/s1. The van der Waals surface area contributed by atoms with Crippen molar-refractivity contribution < 1.29 is 4.79 Å². The van der Waals surface area contributed by atoms with Gasteiger partial charge in [0.15, 0.2) is 0 Å². The first-order valence-corrected chi connectivity index (χ1v) is 7.67. The van der Waals surface area contributed by atoms with Crippen molar-refractivity contribution in [2.45, 2.75) is 19.8 Å². The molecule has 0 spiro atoms. The summed E-state index contributed by atoms with van der Waals surface area (Å²) in [5.41, 5.74) is 0. The lowest BCUT2D eigenvalue weighted by Crippen LogP contribution is -2.41. The molecule has 1 saturated heterocycles. The van der Waals surface area contributed by atoms with Gasteiger partial charge in [0.2, 0.25) is 17.0 Å². The van der Waals surface area contributed by atoms with Gasteiger partial charge >= 0.3 is 0 Å². The van der Waals surface area contributed by atoms with Crippen LogP contribution >= 0.6 is 11.3 Å². The van der Waals surface area contributed by atoms with E-state index in [9.17, 15) is 4.79 Å². The number of piperidine rings is 1. The van der Waals surface area contributed by atoms with Gasteiger partial charge in [-0.2, -0.15) is 0 Å². The smallest absolute Gasteiger partial charge is 0.231 e. The van der Waals surface area contributed by atoms with Crippen LogP contribution in [0.4, 0.5) is 11.1 Å². The fourth-order valence-corrected chi connectivity index (χ4v) is 2.98. The van der Waals surface area contributed by atoms with Crippen LogP contribution in [0.1, 0.15) is 17.8 Å². The maximum atomic E-state index is 12.3. The molecule has 1 amide bonds. The normalized spacial score (nSPS) is 18.5. The Kier molecular flexibility index (Phi) is 4.05. The van der Waals surface area contributed by atoms with E-state index in [2.05, 4.69) is 30.4 Å². The Morgan fingerprint density at radius 3 is 2.90 bits per heavy atom. The van der Waals surface area contributed by atoms with E-state index in [1.165, 1.54) is 11.3 Å². The van der Waals surface area contributed by atoms with Crippen LogP contribution in [-0.4, -0.2) is 39.2 Å². The molecule has 0 radical (unpaired) electrons. The number of nitrogens with zero attached hydrogens (tertiary/aromatic N) is 5. The quantitative estimate of drug-likeness (QED) is 0.925. The van der Waals surface area contributed by atoms with Gasteiger partial charge in [0.25, 0.3) is 0 Å². The van der Waals surface area contributed by atoms with Crippen molar-refractivity contribution in [1.29, 1.82) is 0 Å². The van der Waals surface area contributed by atoms with E-state index in [1.54, 1.807) is 18.5 Å². The second-order valence-electron chi connectivity index (χ2n) is 4.95. The molecule has 7 nitrogen and oxygen atoms in total. The largest absolute Gasteiger partial charge is 0.340 e. The molecule has 21 heavy (non-hydrogen) atoms. The highest BCUT2D eigenvalue weighted by molar-refractivity contribution is 7.15. The van der Waals surface area contributed by atoms with Crippen LogP contribution in [-0.2, 0) is 4.79 Å². The molecule has 1 atom stereocenters. The first-order valence-electron chi connectivity index (χ1n) is 6.85. The Balaban J connectivity index is 1.64. The summed E-state index contributed by atoms with van der Waals surface area (Å²) in [4.78, 5) is 22.9. The summed E-state index contributed by atoms with van der Waals surface area (Å²) in [6.45, 7) is 3.38. The highest BCUT2D eigenvalue weighted by Gasteiger charge is 2.27. The number of hydrogen-bond acceptors (Lipinski definition) is 7. The Morgan fingerprint density at radius 1 is 1.38 bits per heavy atom. The van der Waals surface area contributed by atoms with Gasteiger partial charge in [-0.15, -0.1) is 10.2 Å². The maximum absolute atomic E-state index is 12.3. The third-order valence-electron chi connectivity index (χ3n) is 3.38. The molecule has 1 N–H and O–H groups in total. The molecule has 0 aromatic carbocycles. The summed E-state index contributed by atoms with van der Waals surface area (Å²) in [5, 5.41) is 12.1. The van der Waals surface area contributed by atoms with E-state index in [1.807, 2.05) is 6.92 Å². The number of aromatic nitrogens is 4. The fraction of sp³-hybridized carbons (Fsp3) is 0.462. The topological polar surface area (TPSA) is 83.9 Å². The Hall–Kier alpha value is -2.09. The molecule has 1 aliphatic rings. The summed E-state index contributed by atoms with van der Waals surface area (Å²) in [5.74, 6) is 0.598. The Morgan fingerprint density at radius 2 is 2.19 bits per heavy atom. The van der Waals surface area contributed by atoms with Crippen molar-refractivity contribution in [2.75, 3.05) is 23.3 Å². The summed E-state index contributed by atoms with van der Waals surface area (Å²) < 4.78 is 0. The number of amides is 1. The summed E-state index contributed by atoms with van der Waals surface area (Å²) >= 11 is 1.38. The zero-order valence-corrected chi connectivity index (χ0v) is 12.5. The Bertz CT molecular complexity index is 616. The first kappa shape index (κ1) is 13.9. The van der Waals surface area contributed by atoms with Gasteiger partial charge in [-0.1, -0.05) is 11.3 Å². The van der Waals surface area contributed by atoms with Gasteiger partial charge in [0.1, 0.15) is 5.01 Å². The lowest BCUT2D eigenvalue weighted by atomic mass is 9.97. The van der Waals surface area contributed by atoms with Gasteiger partial charge in [0, 0.05) is 25.5 Å². The summed E-state index contributed by atoms with van der Waals surface area (Å²) in [6, 6.07) is 1.79. The molecule has 2 aromatic heterocycles. The van der Waals surface area contributed by atoms with E-state index in [4.69, 9.17) is 0 Å². The van der Waals surface area contributed by atoms with Gasteiger partial charge in [-0.05, 0) is 25.8 Å². The molecule has 2 aromatic rings. The summed E-state index contributed by atoms with van der Waals surface area (Å²) in [6.07, 6.45) is 5.25. The molecule has 1 aliphatic heterocycles. The van der Waals surface area contributed by atoms with Crippen LogP contribution < -0.4 is 10.2 Å². The van der Waals surface area contributed by atoms with Crippen LogP contribution in [0.15, 0.2) is 18.5 Å². The minimum Gasteiger partial charge on any atom is -0.340 e. The van der Waals surface area contributed by atoms with Gasteiger partial charge in [-0.3, -0.25) is 4.79 Å². The number of anilines is 2. The van der Waals surface area contributed by atoms with Gasteiger partial charge in [0.05, 0.1) is 5.92 Å². The van der Waals surface area contributed by atoms with Crippen molar-refractivity contribution >= 4 is 28.3 Å². The van der Waals surface area contributed by atoms with Crippen molar-refractivity contribution in [3.05, 3.63) is 23.5 Å². The van der Waals surface area contributed by atoms with Crippen LogP contribution in [0.25, 0.3) is 0 Å². The summed E-state index contributed by atoms with van der Waals surface area (Å²) in [7, 11) is 0. The monoisotopic (exact) mass is 304 g/mol. The van der Waals surface area contributed by atoms with Crippen molar-refractivity contribution in [2.24, 2.45) is 5.92 Å². The van der Waals surface area contributed by atoms with E-state index in [-0.39, 0.29) is 11.8 Å². The number of rotatable bonds is 3. The van der Waals surface area contributed by atoms with Crippen LogP contribution in [0.5, 0.6) is 0 Å².